The molecule has 0 spiro atoms. The molecule has 0 aliphatic rings. The third kappa shape index (κ3) is 2.73. The van der Waals surface area contributed by atoms with Gasteiger partial charge in [-0.2, -0.15) is 0 Å². The van der Waals surface area contributed by atoms with Crippen LogP contribution < -0.4 is 11.3 Å². The van der Waals surface area contributed by atoms with Gasteiger partial charge in [-0.15, -0.1) is 6.58 Å². The Kier molecular flexibility index (Phi) is 3.91. The Labute approximate surface area is 102 Å². The summed E-state index contributed by atoms with van der Waals surface area (Å²) in [5.74, 6) is 5.55. The van der Waals surface area contributed by atoms with Gasteiger partial charge in [-0.3, -0.25) is 11.3 Å². The highest BCUT2D eigenvalue weighted by atomic mass is 15.2. The minimum Gasteiger partial charge on any atom is -0.271 e. The van der Waals surface area contributed by atoms with Crippen LogP contribution in [0.1, 0.15) is 12.0 Å². The summed E-state index contributed by atoms with van der Waals surface area (Å²) in [6.45, 7) is 3.76. The first-order valence-corrected chi connectivity index (χ1v) is 5.89. The number of fused-ring (bicyclic) bond motifs is 1. The standard InChI is InChI=1S/C15H18N2/c1-2-6-14(17-16)11-13-9-5-8-12-7-3-4-10-15(12)13/h2-5,7-10,14,17H,1,6,11,16H2. The van der Waals surface area contributed by atoms with Crippen LogP contribution in [0.2, 0.25) is 0 Å². The van der Waals surface area contributed by atoms with Crippen molar-refractivity contribution in [1.29, 1.82) is 0 Å². The molecular formula is C15H18N2. The third-order valence-corrected chi connectivity index (χ3v) is 3.03. The number of hydrazine groups is 1. The highest BCUT2D eigenvalue weighted by Gasteiger charge is 2.07. The summed E-state index contributed by atoms with van der Waals surface area (Å²) in [6, 6.07) is 15.1. The number of nitrogens with one attached hydrogen (secondary N) is 1. The molecule has 0 aliphatic heterocycles. The number of hydrogen-bond donors (Lipinski definition) is 2. The van der Waals surface area contributed by atoms with Crippen LogP contribution in [0.5, 0.6) is 0 Å². The van der Waals surface area contributed by atoms with Crippen LogP contribution in [-0.4, -0.2) is 6.04 Å². The molecular weight excluding hydrogens is 208 g/mol. The smallest absolute Gasteiger partial charge is 0.0285 e. The molecule has 0 radical (unpaired) electrons. The van der Waals surface area contributed by atoms with Crippen LogP contribution in [0, 0.1) is 0 Å². The summed E-state index contributed by atoms with van der Waals surface area (Å²) in [4.78, 5) is 0. The monoisotopic (exact) mass is 226 g/mol. The summed E-state index contributed by atoms with van der Waals surface area (Å²) < 4.78 is 0. The van der Waals surface area contributed by atoms with Gasteiger partial charge in [0.15, 0.2) is 0 Å². The minimum atomic E-state index is 0.248. The van der Waals surface area contributed by atoms with E-state index in [1.54, 1.807) is 0 Å². The van der Waals surface area contributed by atoms with E-state index in [0.717, 1.165) is 12.8 Å². The van der Waals surface area contributed by atoms with Crippen molar-refractivity contribution < 1.29 is 0 Å². The molecule has 0 bridgehead atoms. The van der Waals surface area contributed by atoms with Gasteiger partial charge in [0.1, 0.15) is 0 Å². The van der Waals surface area contributed by atoms with E-state index in [1.807, 2.05) is 6.08 Å². The molecule has 0 heterocycles. The van der Waals surface area contributed by atoms with E-state index in [4.69, 9.17) is 5.84 Å². The summed E-state index contributed by atoms with van der Waals surface area (Å²) in [7, 11) is 0. The van der Waals surface area contributed by atoms with Crippen molar-refractivity contribution in [3.63, 3.8) is 0 Å². The Morgan fingerprint density at radius 2 is 1.94 bits per heavy atom. The predicted molar refractivity (Wildman–Crippen MR) is 73.6 cm³/mol. The van der Waals surface area contributed by atoms with Crippen LogP contribution in [0.3, 0.4) is 0 Å². The SMILES string of the molecule is C=CCC(Cc1cccc2ccccc12)NN. The van der Waals surface area contributed by atoms with E-state index in [-0.39, 0.29) is 6.04 Å². The Balaban J connectivity index is 2.31. The molecule has 2 rings (SSSR count). The van der Waals surface area contributed by atoms with Crippen molar-refractivity contribution in [3.05, 3.63) is 60.7 Å². The zero-order valence-corrected chi connectivity index (χ0v) is 9.89. The average molecular weight is 226 g/mol. The molecule has 0 aliphatic carbocycles. The van der Waals surface area contributed by atoms with Crippen LogP contribution in [-0.2, 0) is 6.42 Å². The van der Waals surface area contributed by atoms with Gasteiger partial charge in [-0.1, -0.05) is 48.5 Å². The lowest BCUT2D eigenvalue weighted by atomic mass is 9.98. The second-order valence-corrected chi connectivity index (χ2v) is 4.23. The number of nitrogens with two attached hydrogens (primary N) is 1. The summed E-state index contributed by atoms with van der Waals surface area (Å²) in [6.07, 6.45) is 3.69. The van der Waals surface area contributed by atoms with E-state index >= 15 is 0 Å². The van der Waals surface area contributed by atoms with E-state index in [2.05, 4.69) is 54.5 Å². The maximum absolute atomic E-state index is 5.55. The maximum Gasteiger partial charge on any atom is 0.0285 e. The first-order valence-electron chi connectivity index (χ1n) is 5.89. The third-order valence-electron chi connectivity index (χ3n) is 3.03. The molecule has 17 heavy (non-hydrogen) atoms. The Morgan fingerprint density at radius 3 is 2.71 bits per heavy atom. The van der Waals surface area contributed by atoms with Crippen molar-refractivity contribution in [2.45, 2.75) is 18.9 Å². The quantitative estimate of drug-likeness (QED) is 0.467. The second kappa shape index (κ2) is 5.62. The van der Waals surface area contributed by atoms with Crippen molar-refractivity contribution in [2.75, 3.05) is 0 Å². The molecule has 1 atom stereocenters. The maximum atomic E-state index is 5.55. The first kappa shape index (κ1) is 11.8. The van der Waals surface area contributed by atoms with Gasteiger partial charge in [0.25, 0.3) is 0 Å². The van der Waals surface area contributed by atoms with E-state index in [0.29, 0.717) is 0 Å². The fraction of sp³-hybridized carbons (Fsp3) is 0.200. The Hall–Kier alpha value is -1.64. The van der Waals surface area contributed by atoms with Crippen LogP contribution in [0.25, 0.3) is 10.8 Å². The van der Waals surface area contributed by atoms with Gasteiger partial charge in [0, 0.05) is 6.04 Å². The Morgan fingerprint density at radius 1 is 1.18 bits per heavy atom. The zero-order valence-electron chi connectivity index (χ0n) is 9.89. The Bertz CT molecular complexity index is 500. The second-order valence-electron chi connectivity index (χ2n) is 4.23. The number of hydrogen-bond acceptors (Lipinski definition) is 2. The van der Waals surface area contributed by atoms with Gasteiger partial charge >= 0.3 is 0 Å². The van der Waals surface area contributed by atoms with Gasteiger partial charge in [-0.05, 0) is 29.2 Å². The summed E-state index contributed by atoms with van der Waals surface area (Å²) >= 11 is 0. The fourth-order valence-corrected chi connectivity index (χ4v) is 2.15. The van der Waals surface area contributed by atoms with Crippen molar-refractivity contribution in [3.8, 4) is 0 Å². The van der Waals surface area contributed by atoms with Gasteiger partial charge in [0.2, 0.25) is 0 Å². The minimum absolute atomic E-state index is 0.248. The molecule has 2 nitrogen and oxygen atoms in total. The molecule has 2 aromatic carbocycles. The van der Waals surface area contributed by atoms with Crippen molar-refractivity contribution >= 4 is 10.8 Å². The molecule has 0 aromatic heterocycles. The number of rotatable bonds is 5. The van der Waals surface area contributed by atoms with Crippen LogP contribution in [0.15, 0.2) is 55.1 Å². The van der Waals surface area contributed by atoms with Crippen molar-refractivity contribution in [1.82, 2.24) is 5.43 Å². The lowest BCUT2D eigenvalue weighted by Gasteiger charge is -2.15. The van der Waals surface area contributed by atoms with Crippen molar-refractivity contribution in [2.24, 2.45) is 5.84 Å². The average Bonchev–Trinajstić information content (AvgIpc) is 2.38. The van der Waals surface area contributed by atoms with Gasteiger partial charge in [0.05, 0.1) is 0 Å². The first-order chi connectivity index (χ1) is 8.35. The highest BCUT2D eigenvalue weighted by molar-refractivity contribution is 5.85. The molecule has 0 amide bonds. The number of benzene rings is 2. The van der Waals surface area contributed by atoms with Gasteiger partial charge < -0.3 is 0 Å². The van der Waals surface area contributed by atoms with E-state index < -0.39 is 0 Å². The molecule has 2 heteroatoms. The van der Waals surface area contributed by atoms with E-state index in [1.165, 1.54) is 16.3 Å². The summed E-state index contributed by atoms with van der Waals surface area (Å²) in [5.41, 5.74) is 4.17. The molecule has 3 N–H and O–H groups in total. The molecule has 0 saturated heterocycles. The van der Waals surface area contributed by atoms with Gasteiger partial charge in [-0.25, -0.2) is 0 Å². The normalized spacial score (nSPS) is 12.5. The molecule has 0 saturated carbocycles. The molecule has 88 valence electrons. The summed E-state index contributed by atoms with van der Waals surface area (Å²) in [5, 5.41) is 2.58. The van der Waals surface area contributed by atoms with Crippen LogP contribution >= 0.6 is 0 Å². The predicted octanol–water partition coefficient (Wildman–Crippen LogP) is 2.79. The zero-order chi connectivity index (χ0) is 12.1. The highest BCUT2D eigenvalue weighted by Crippen LogP contribution is 2.20. The fourth-order valence-electron chi connectivity index (χ4n) is 2.15. The molecule has 2 aromatic rings. The molecule has 0 fully saturated rings. The lowest BCUT2D eigenvalue weighted by molar-refractivity contribution is 0.532. The molecule has 1 unspecified atom stereocenters. The topological polar surface area (TPSA) is 38.0 Å². The van der Waals surface area contributed by atoms with E-state index in [9.17, 15) is 0 Å². The lowest BCUT2D eigenvalue weighted by Crippen LogP contribution is -2.36. The van der Waals surface area contributed by atoms with Crippen LogP contribution in [0.4, 0.5) is 0 Å². The largest absolute Gasteiger partial charge is 0.271 e.